The topological polar surface area (TPSA) is 47.8 Å². The molecule has 2 aliphatic heterocycles. The number of hydrogen-bond donors (Lipinski definition) is 1. The lowest BCUT2D eigenvalue weighted by Gasteiger charge is -2.27. The van der Waals surface area contributed by atoms with Gasteiger partial charge in [0.25, 0.3) is 0 Å². The number of nitrogens with one attached hydrogen (secondary N) is 1. The van der Waals surface area contributed by atoms with Crippen molar-refractivity contribution < 1.29 is 19.2 Å². The number of carbonyl (C=O) groups excluding carboxylic acids is 2. The Kier molecular flexibility index (Phi) is 5.35. The first kappa shape index (κ1) is 17.3. The Bertz CT molecular complexity index is 649. The van der Waals surface area contributed by atoms with E-state index in [-0.39, 0.29) is 18.1 Å². The molecule has 3 rings (SSSR count). The van der Waals surface area contributed by atoms with Crippen LogP contribution >= 0.6 is 67.8 Å². The third kappa shape index (κ3) is 3.32. The van der Waals surface area contributed by atoms with Gasteiger partial charge in [-0.05, 0) is 79.9 Å². The summed E-state index contributed by atoms with van der Waals surface area (Å²) in [4.78, 5) is 25.7. The number of ether oxygens (including phenoxy) is 1. The molecule has 1 aromatic carbocycles. The van der Waals surface area contributed by atoms with Crippen LogP contribution in [-0.4, -0.2) is 37.0 Å². The van der Waals surface area contributed by atoms with Crippen molar-refractivity contribution in [1.82, 2.24) is 0 Å². The van der Waals surface area contributed by atoms with Crippen LogP contribution in [-0.2, 0) is 9.53 Å². The minimum atomic E-state index is -0.265. The summed E-state index contributed by atoms with van der Waals surface area (Å²) in [6, 6.07) is 4.34. The Morgan fingerprint density at radius 2 is 2.00 bits per heavy atom. The average molecular weight is 638 g/mol. The van der Waals surface area contributed by atoms with E-state index < -0.39 is 0 Å². The van der Waals surface area contributed by atoms with Gasteiger partial charge in [-0.3, -0.25) is 4.79 Å². The molecule has 0 aromatic heterocycles. The van der Waals surface area contributed by atoms with Crippen molar-refractivity contribution in [3.63, 3.8) is 0 Å². The van der Waals surface area contributed by atoms with E-state index in [1.54, 1.807) is 0 Å². The molecule has 0 aliphatic carbocycles. The van der Waals surface area contributed by atoms with Crippen molar-refractivity contribution in [3.8, 4) is 0 Å². The lowest BCUT2D eigenvalue weighted by Crippen LogP contribution is -3.16. The molecule has 0 amide bonds. The van der Waals surface area contributed by atoms with Gasteiger partial charge in [-0.2, -0.15) is 0 Å². The predicted octanol–water partition coefficient (Wildman–Crippen LogP) is 2.04. The van der Waals surface area contributed by atoms with E-state index in [9.17, 15) is 9.59 Å². The molecule has 2 bridgehead atoms. The highest BCUT2D eigenvalue weighted by Crippen LogP contribution is 2.27. The second-order valence-electron chi connectivity index (χ2n) is 5.92. The fraction of sp³-hybridized carbons (Fsp3) is 0.467. The average Bonchev–Trinajstić information content (AvgIpc) is 2.62. The molecule has 4 unspecified atom stereocenters. The van der Waals surface area contributed by atoms with Crippen LogP contribution in [0.5, 0.6) is 0 Å². The SMILES string of the molecule is C[NH+]1C2CC(=O)CC1C(OC(=O)c1cc(I)cc(I)c1I)C2. The van der Waals surface area contributed by atoms with Crippen molar-refractivity contribution in [2.75, 3.05) is 7.05 Å². The molecule has 0 radical (unpaired) electrons. The van der Waals surface area contributed by atoms with Crippen LogP contribution in [0.3, 0.4) is 0 Å². The fourth-order valence-electron chi connectivity index (χ4n) is 3.40. The number of likely N-dealkylation sites (N-methyl/N-ethyl adjacent to an activating group) is 1. The quantitative estimate of drug-likeness (QED) is 0.307. The highest BCUT2D eigenvalue weighted by atomic mass is 127. The van der Waals surface area contributed by atoms with Gasteiger partial charge < -0.3 is 9.64 Å². The predicted molar refractivity (Wildman–Crippen MR) is 107 cm³/mol. The normalized spacial score (nSPS) is 30.5. The van der Waals surface area contributed by atoms with Crippen molar-refractivity contribution >= 4 is 79.5 Å². The van der Waals surface area contributed by atoms with Gasteiger partial charge in [0, 0.05) is 17.1 Å². The van der Waals surface area contributed by atoms with Gasteiger partial charge >= 0.3 is 5.97 Å². The molecule has 0 spiro atoms. The van der Waals surface area contributed by atoms with E-state index in [0.29, 0.717) is 30.2 Å². The molecular formula is C15H15I3NO3+. The van der Waals surface area contributed by atoms with Crippen molar-refractivity contribution in [2.45, 2.75) is 37.5 Å². The van der Waals surface area contributed by atoms with Crippen LogP contribution in [0.4, 0.5) is 0 Å². The first-order valence-electron chi connectivity index (χ1n) is 7.07. The molecule has 7 heteroatoms. The summed E-state index contributed by atoms with van der Waals surface area (Å²) in [5.41, 5.74) is 0.627. The molecule has 2 fully saturated rings. The number of ketones is 1. The highest BCUT2D eigenvalue weighted by molar-refractivity contribution is 14.1. The standard InChI is InChI=1S/C15H14I3NO3/c1-19-8-4-9(20)6-12(19)13(5-8)22-15(21)10-2-7(16)3-11(17)14(10)18/h2-3,8,12-13H,4-6H2,1H3/p+1. The first-order chi connectivity index (χ1) is 10.4. The smallest absolute Gasteiger partial charge is 0.339 e. The van der Waals surface area contributed by atoms with Crippen molar-refractivity contribution in [3.05, 3.63) is 28.4 Å². The van der Waals surface area contributed by atoms with Crippen LogP contribution in [0.2, 0.25) is 0 Å². The minimum absolute atomic E-state index is 0.120. The van der Waals surface area contributed by atoms with Gasteiger partial charge in [-0.1, -0.05) is 0 Å². The molecule has 2 saturated heterocycles. The zero-order valence-corrected chi connectivity index (χ0v) is 18.3. The number of benzene rings is 1. The van der Waals surface area contributed by atoms with Crippen LogP contribution in [0.25, 0.3) is 0 Å². The third-order valence-corrected chi connectivity index (χ3v) is 8.26. The first-order valence-corrected chi connectivity index (χ1v) is 10.3. The number of hydrogen-bond acceptors (Lipinski definition) is 3. The summed E-state index contributed by atoms with van der Waals surface area (Å²) in [6.45, 7) is 0. The number of esters is 1. The van der Waals surface area contributed by atoms with Crippen LogP contribution < -0.4 is 4.90 Å². The molecule has 22 heavy (non-hydrogen) atoms. The molecule has 2 heterocycles. The van der Waals surface area contributed by atoms with Crippen molar-refractivity contribution in [2.24, 2.45) is 0 Å². The lowest BCUT2D eigenvalue weighted by molar-refractivity contribution is -0.919. The molecule has 0 saturated carbocycles. The van der Waals surface area contributed by atoms with Gasteiger partial charge in [0.2, 0.25) is 0 Å². The lowest BCUT2D eigenvalue weighted by atomic mass is 10.0. The summed E-state index contributed by atoms with van der Waals surface area (Å²) < 4.78 is 8.81. The Balaban J connectivity index is 1.80. The number of carbonyl (C=O) groups is 2. The van der Waals surface area contributed by atoms with E-state index in [4.69, 9.17) is 4.74 Å². The van der Waals surface area contributed by atoms with Gasteiger partial charge in [0.1, 0.15) is 11.8 Å². The summed E-state index contributed by atoms with van der Waals surface area (Å²) in [5.74, 6) is 0.0381. The Morgan fingerprint density at radius 3 is 2.73 bits per heavy atom. The van der Waals surface area contributed by atoms with E-state index in [1.807, 2.05) is 12.1 Å². The maximum atomic E-state index is 12.6. The fourth-order valence-corrected chi connectivity index (χ4v) is 5.78. The molecule has 118 valence electrons. The maximum Gasteiger partial charge on any atom is 0.339 e. The van der Waals surface area contributed by atoms with Gasteiger partial charge in [0.05, 0.1) is 31.5 Å². The maximum absolute atomic E-state index is 12.6. The number of Topliss-reactive ketones (excluding diaryl/α,β-unsaturated/α-hetero) is 1. The van der Waals surface area contributed by atoms with Crippen LogP contribution in [0, 0.1) is 10.7 Å². The number of halogens is 3. The van der Waals surface area contributed by atoms with Gasteiger partial charge in [-0.25, -0.2) is 4.79 Å². The number of fused-ring (bicyclic) bond motifs is 2. The summed E-state index contributed by atoms with van der Waals surface area (Å²) in [7, 11) is 2.10. The highest BCUT2D eigenvalue weighted by Gasteiger charge is 2.50. The van der Waals surface area contributed by atoms with E-state index in [1.165, 1.54) is 4.90 Å². The third-order valence-electron chi connectivity index (χ3n) is 4.59. The van der Waals surface area contributed by atoms with E-state index in [0.717, 1.165) is 17.1 Å². The Morgan fingerprint density at radius 1 is 1.27 bits per heavy atom. The second kappa shape index (κ2) is 6.79. The van der Waals surface area contributed by atoms with Crippen LogP contribution in [0.1, 0.15) is 29.6 Å². The van der Waals surface area contributed by atoms with Crippen LogP contribution in [0.15, 0.2) is 12.1 Å². The van der Waals surface area contributed by atoms with E-state index in [2.05, 4.69) is 74.8 Å². The molecule has 1 N–H and O–H groups in total. The second-order valence-corrected chi connectivity index (χ2v) is 9.41. The molecule has 2 aliphatic rings. The number of piperidine rings is 1. The molecule has 1 aromatic rings. The monoisotopic (exact) mass is 638 g/mol. The molecule has 4 atom stereocenters. The number of quaternary nitrogens is 1. The van der Waals surface area contributed by atoms with E-state index >= 15 is 0 Å². The summed E-state index contributed by atoms with van der Waals surface area (Å²) in [6.07, 6.45) is 1.80. The Hall–Kier alpha value is 0.510. The zero-order chi connectivity index (χ0) is 16.0. The summed E-state index contributed by atoms with van der Waals surface area (Å²) >= 11 is 6.64. The largest absolute Gasteiger partial charge is 0.452 e. The van der Waals surface area contributed by atoms with Crippen molar-refractivity contribution in [1.29, 1.82) is 0 Å². The van der Waals surface area contributed by atoms with Gasteiger partial charge in [-0.15, -0.1) is 0 Å². The minimum Gasteiger partial charge on any atom is -0.452 e. The summed E-state index contributed by atoms with van der Waals surface area (Å²) in [5, 5.41) is 0. The molecular weight excluding hydrogens is 623 g/mol. The number of rotatable bonds is 2. The Labute approximate surface area is 170 Å². The van der Waals surface area contributed by atoms with Gasteiger partial charge in [0.15, 0.2) is 6.10 Å². The zero-order valence-electron chi connectivity index (χ0n) is 11.9. The molecule has 4 nitrogen and oxygen atoms in total.